The largest absolute Gasteiger partial charge is 0.489 e. The van der Waals surface area contributed by atoms with E-state index >= 15 is 8.78 Å². The van der Waals surface area contributed by atoms with Crippen LogP contribution in [0.15, 0.2) is 104 Å². The highest BCUT2D eigenvalue weighted by atomic mass is 19.3. The molecule has 3 aromatic heterocycles. The number of nitrogens with zero attached hydrogens (tertiary/aromatic N) is 7. The second-order valence-corrected chi connectivity index (χ2v) is 11.5. The van der Waals surface area contributed by atoms with Gasteiger partial charge in [-0.25, -0.2) is 13.5 Å². The van der Waals surface area contributed by atoms with Gasteiger partial charge < -0.3 is 14.9 Å². The SMILES string of the molecule is CC(O)c1cnn(Cc2ccc(COc3ccc(C#Cc4ccc(C(F)(F)C(O)(Cn5cnnn5)c5ccc(F)cc5F)nc4)cc3)cc2)c1. The van der Waals surface area contributed by atoms with Crippen molar-refractivity contribution in [1.82, 2.24) is 35.0 Å². The van der Waals surface area contributed by atoms with Gasteiger partial charge in [0.2, 0.25) is 0 Å². The molecule has 2 unspecified atom stereocenters. The maximum Gasteiger partial charge on any atom is 0.323 e. The van der Waals surface area contributed by atoms with Gasteiger partial charge in [0.05, 0.1) is 25.4 Å². The Bertz CT molecular complexity index is 2110. The van der Waals surface area contributed by atoms with Crippen molar-refractivity contribution in [2.45, 2.75) is 44.2 Å². The van der Waals surface area contributed by atoms with Crippen LogP contribution in [0.1, 0.15) is 52.1 Å². The molecule has 3 heterocycles. The lowest BCUT2D eigenvalue weighted by atomic mass is 9.84. The zero-order chi connectivity index (χ0) is 35.3. The third kappa shape index (κ3) is 7.54. The van der Waals surface area contributed by atoms with Crippen molar-refractivity contribution < 1.29 is 32.5 Å². The van der Waals surface area contributed by atoms with E-state index in [1.54, 1.807) is 42.1 Å². The van der Waals surface area contributed by atoms with E-state index in [4.69, 9.17) is 4.74 Å². The van der Waals surface area contributed by atoms with E-state index in [1.807, 2.05) is 30.5 Å². The number of alkyl halides is 2. The number of hydrogen-bond donors (Lipinski definition) is 2. The normalized spacial score (nSPS) is 13.3. The molecule has 50 heavy (non-hydrogen) atoms. The minimum absolute atomic E-state index is 0.307. The zero-order valence-electron chi connectivity index (χ0n) is 26.5. The molecule has 254 valence electrons. The van der Waals surface area contributed by atoms with Crippen LogP contribution in [0.2, 0.25) is 0 Å². The fraction of sp³-hybridized carbons (Fsp3) is 0.194. The number of benzene rings is 3. The van der Waals surface area contributed by atoms with Gasteiger partial charge in [-0.2, -0.15) is 13.9 Å². The summed E-state index contributed by atoms with van der Waals surface area (Å²) in [7, 11) is 0. The Balaban J connectivity index is 1.09. The molecule has 0 aliphatic carbocycles. The molecule has 0 radical (unpaired) electrons. The van der Waals surface area contributed by atoms with E-state index in [-0.39, 0.29) is 0 Å². The fourth-order valence-corrected chi connectivity index (χ4v) is 5.09. The van der Waals surface area contributed by atoms with E-state index < -0.39 is 47.1 Å². The summed E-state index contributed by atoms with van der Waals surface area (Å²) in [4.78, 5) is 3.83. The molecule has 2 atom stereocenters. The van der Waals surface area contributed by atoms with E-state index in [9.17, 15) is 19.0 Å². The Morgan fingerprint density at radius 3 is 2.24 bits per heavy atom. The number of aromatic nitrogens is 7. The van der Waals surface area contributed by atoms with Gasteiger partial charge in [-0.3, -0.25) is 9.67 Å². The summed E-state index contributed by atoms with van der Waals surface area (Å²) in [6.45, 7) is 1.67. The van der Waals surface area contributed by atoms with Crippen LogP contribution in [0.4, 0.5) is 17.6 Å². The maximum absolute atomic E-state index is 16.0. The second kappa shape index (κ2) is 14.3. The highest BCUT2D eigenvalue weighted by Gasteiger charge is 2.58. The minimum Gasteiger partial charge on any atom is -0.489 e. The summed E-state index contributed by atoms with van der Waals surface area (Å²) in [6.07, 6.45) is 4.98. The topological polar surface area (TPSA) is 124 Å². The first kappa shape index (κ1) is 34.0. The van der Waals surface area contributed by atoms with Crippen LogP contribution in [0.3, 0.4) is 0 Å². The van der Waals surface area contributed by atoms with Crippen molar-refractivity contribution in [3.05, 3.63) is 154 Å². The van der Waals surface area contributed by atoms with E-state index in [0.717, 1.165) is 52.1 Å². The quantitative estimate of drug-likeness (QED) is 0.139. The van der Waals surface area contributed by atoms with Crippen LogP contribution in [-0.4, -0.2) is 45.2 Å². The van der Waals surface area contributed by atoms with Gasteiger partial charge in [-0.1, -0.05) is 36.1 Å². The minimum atomic E-state index is -4.17. The predicted molar refractivity (Wildman–Crippen MR) is 171 cm³/mol. The van der Waals surface area contributed by atoms with E-state index in [2.05, 4.69) is 37.4 Å². The number of aliphatic hydroxyl groups excluding tert-OH is 1. The summed E-state index contributed by atoms with van der Waals surface area (Å²) >= 11 is 0. The number of aliphatic hydroxyl groups is 2. The molecular weight excluding hydrogens is 654 g/mol. The molecule has 0 fully saturated rings. The van der Waals surface area contributed by atoms with Crippen molar-refractivity contribution >= 4 is 0 Å². The molecule has 14 heteroatoms. The van der Waals surface area contributed by atoms with Gasteiger partial charge in [-0.05, 0) is 77.0 Å². The first-order chi connectivity index (χ1) is 24.0. The lowest BCUT2D eigenvalue weighted by Crippen LogP contribution is -2.48. The number of rotatable bonds is 11. The molecule has 0 saturated carbocycles. The summed E-state index contributed by atoms with van der Waals surface area (Å²) in [5.41, 5.74) is -1.24. The Morgan fingerprint density at radius 2 is 1.60 bits per heavy atom. The predicted octanol–water partition coefficient (Wildman–Crippen LogP) is 5.30. The Hall–Kier alpha value is -5.91. The molecule has 0 aliphatic rings. The summed E-state index contributed by atoms with van der Waals surface area (Å²) in [6, 6.07) is 19.1. The summed E-state index contributed by atoms with van der Waals surface area (Å²) in [5, 5.41) is 35.5. The molecule has 0 amide bonds. The molecule has 0 aliphatic heterocycles. The van der Waals surface area contributed by atoms with Crippen LogP contribution in [0, 0.1) is 23.5 Å². The standard InChI is InChI=1S/C36H29F4N7O3/c1-24(48)29-18-43-46(20-29)19-27-4-6-28(7-5-27)21-50-31-12-8-25(9-13-31)2-3-26-10-15-34(41-17-26)36(39,40)35(49,22-47-23-42-44-45-47)32-14-11-30(37)16-33(32)38/h4-18,20,23-24,48-49H,19,21-22H2,1H3. The van der Waals surface area contributed by atoms with Gasteiger partial charge in [0.1, 0.15) is 36.0 Å². The second-order valence-electron chi connectivity index (χ2n) is 11.5. The Labute approximate surface area is 283 Å². The average Bonchev–Trinajstić information content (AvgIpc) is 3.80. The van der Waals surface area contributed by atoms with Crippen LogP contribution in [0.25, 0.3) is 0 Å². The highest BCUT2D eigenvalue weighted by Crippen LogP contribution is 2.46. The van der Waals surface area contributed by atoms with Gasteiger partial charge in [-0.15, -0.1) is 5.10 Å². The van der Waals surface area contributed by atoms with Crippen LogP contribution >= 0.6 is 0 Å². The van der Waals surface area contributed by atoms with Gasteiger partial charge in [0.25, 0.3) is 0 Å². The Morgan fingerprint density at radius 1 is 0.880 bits per heavy atom. The molecule has 6 aromatic rings. The Kier molecular flexibility index (Phi) is 9.71. The van der Waals surface area contributed by atoms with Gasteiger partial charge >= 0.3 is 5.92 Å². The van der Waals surface area contributed by atoms with Crippen LogP contribution in [0.5, 0.6) is 5.75 Å². The molecule has 10 nitrogen and oxygen atoms in total. The maximum atomic E-state index is 16.0. The third-order valence-corrected chi connectivity index (χ3v) is 7.88. The molecule has 6 rings (SSSR count). The highest BCUT2D eigenvalue weighted by molar-refractivity contribution is 5.44. The number of hydrogen-bond acceptors (Lipinski definition) is 8. The number of ether oxygens (including phenoxy) is 1. The fourth-order valence-electron chi connectivity index (χ4n) is 5.09. The molecule has 3 aromatic carbocycles. The lowest BCUT2D eigenvalue weighted by Gasteiger charge is -2.35. The number of pyridine rings is 1. The van der Waals surface area contributed by atoms with Crippen LogP contribution < -0.4 is 4.74 Å². The molecule has 0 bridgehead atoms. The zero-order valence-corrected chi connectivity index (χ0v) is 26.5. The molecular formula is C36H29F4N7O3. The van der Waals surface area contributed by atoms with Crippen LogP contribution in [-0.2, 0) is 31.2 Å². The number of tetrazole rings is 1. The van der Waals surface area contributed by atoms with Gasteiger partial charge in [0.15, 0.2) is 5.60 Å². The number of halogens is 4. The molecule has 2 N–H and O–H groups in total. The van der Waals surface area contributed by atoms with Crippen molar-refractivity contribution in [1.29, 1.82) is 0 Å². The molecule has 0 saturated heterocycles. The first-order valence-corrected chi connectivity index (χ1v) is 15.3. The smallest absolute Gasteiger partial charge is 0.323 e. The monoisotopic (exact) mass is 683 g/mol. The van der Waals surface area contributed by atoms with Crippen molar-refractivity contribution in [3.63, 3.8) is 0 Å². The van der Waals surface area contributed by atoms with Crippen molar-refractivity contribution in [3.8, 4) is 17.6 Å². The van der Waals surface area contributed by atoms with Crippen molar-refractivity contribution in [2.24, 2.45) is 0 Å². The summed E-state index contributed by atoms with van der Waals surface area (Å²) < 4.78 is 68.7. The van der Waals surface area contributed by atoms with Gasteiger partial charge in [0, 0.05) is 40.7 Å². The molecule has 0 spiro atoms. The van der Waals surface area contributed by atoms with E-state index in [0.29, 0.717) is 36.1 Å². The van der Waals surface area contributed by atoms with Crippen molar-refractivity contribution in [2.75, 3.05) is 0 Å². The lowest BCUT2D eigenvalue weighted by molar-refractivity contribution is -0.207. The average molecular weight is 684 g/mol. The van der Waals surface area contributed by atoms with E-state index in [1.165, 1.54) is 6.07 Å². The third-order valence-electron chi connectivity index (χ3n) is 7.88. The summed E-state index contributed by atoms with van der Waals surface area (Å²) in [5.74, 6) is -0.123. The first-order valence-electron chi connectivity index (χ1n) is 15.3.